The van der Waals surface area contributed by atoms with Crippen LogP contribution < -0.4 is 21.3 Å². The van der Waals surface area contributed by atoms with Gasteiger partial charge in [0.05, 0.1) is 71.5 Å². The van der Waals surface area contributed by atoms with E-state index >= 15 is 0 Å². The van der Waals surface area contributed by atoms with Crippen LogP contribution in [0.1, 0.15) is 375 Å². The fraction of sp³-hybridized carbons (Fsp3) is 0.760. The number of esters is 2. The molecule has 6 atom stereocenters. The van der Waals surface area contributed by atoms with E-state index in [1.165, 1.54) is 160 Å². The Balaban J connectivity index is 6.08. The summed E-state index contributed by atoms with van der Waals surface area (Å²) in [5, 5.41) is 11.0. The maximum absolute atomic E-state index is 14.1. The van der Waals surface area contributed by atoms with Crippen LogP contribution in [0, 0.1) is 94.7 Å². The number of amides is 4. The van der Waals surface area contributed by atoms with Gasteiger partial charge in [-0.05, 0) is 134 Å². The van der Waals surface area contributed by atoms with Gasteiger partial charge in [-0.3, -0.25) is 41.8 Å². The number of nitrogens with one attached hydrogen (secondary N) is 4. The summed E-state index contributed by atoms with van der Waals surface area (Å²) in [7, 11) is -9.13. The Morgan fingerprint density at radius 1 is 0.361 bits per heavy atom. The molecule has 0 fully saturated rings. The van der Waals surface area contributed by atoms with Gasteiger partial charge in [0, 0.05) is 51.6 Å². The van der Waals surface area contributed by atoms with Crippen molar-refractivity contribution in [3.05, 3.63) is 12.7 Å². The first-order valence-electron chi connectivity index (χ1n) is 45.9. The molecule has 4 amide bonds. The highest BCUT2D eigenvalue weighted by Gasteiger charge is 2.30. The number of unbranched alkanes of at least 4 members (excludes halogenated alkanes) is 40. The molecule has 21 nitrogen and oxygen atoms in total. The lowest BCUT2D eigenvalue weighted by Gasteiger charge is -2.23. The molecule has 119 heavy (non-hydrogen) atoms. The van der Waals surface area contributed by atoms with E-state index in [9.17, 15) is 38.0 Å². The molecule has 0 aliphatic heterocycles. The van der Waals surface area contributed by atoms with Gasteiger partial charge in [-0.25, -0.2) is 13.9 Å². The van der Waals surface area contributed by atoms with Crippen molar-refractivity contribution in [3.63, 3.8) is 0 Å². The molecule has 0 radical (unpaired) electrons. The van der Waals surface area contributed by atoms with Gasteiger partial charge in [0.2, 0.25) is 11.8 Å². The van der Waals surface area contributed by atoms with Crippen molar-refractivity contribution in [1.29, 1.82) is 0 Å². The highest BCUT2D eigenvalue weighted by Crippen LogP contribution is 2.49. The average molecular weight is 1700 g/mol. The maximum Gasteiger partial charge on any atom is 0.475 e. The summed E-state index contributed by atoms with van der Waals surface area (Å²) >= 11 is 0. The quantitative estimate of drug-likeness (QED) is 0.0124. The predicted molar refractivity (Wildman–Crippen MR) is 480 cm³/mol. The average Bonchev–Trinajstić information content (AvgIpc) is 0.892. The number of rotatable bonds is 81. The molecule has 0 aliphatic carbocycles. The molecule has 0 saturated heterocycles. The van der Waals surface area contributed by atoms with Crippen LogP contribution in [0.4, 0.5) is 4.79 Å². The molecule has 0 aromatic heterocycles. The van der Waals surface area contributed by atoms with Gasteiger partial charge < -0.3 is 45.1 Å². The van der Waals surface area contributed by atoms with Gasteiger partial charge >= 0.3 is 33.6 Å². The lowest BCUT2D eigenvalue weighted by atomic mass is 10.1. The summed E-state index contributed by atoms with van der Waals surface area (Å²) in [4.78, 5) is 76.9. The second-order valence-electron chi connectivity index (χ2n) is 30.4. The zero-order chi connectivity index (χ0) is 87.0. The molecule has 0 bridgehead atoms. The minimum Gasteiger partial charge on any atom is -0.462 e. The first-order chi connectivity index (χ1) is 58.1. The van der Waals surface area contributed by atoms with Crippen LogP contribution in [0.5, 0.6) is 0 Å². The van der Waals surface area contributed by atoms with Gasteiger partial charge in [0.15, 0.2) is 6.10 Å². The SMILES string of the molecule is C=CCOP(=O)(OCCNC(=O)NCCOP(=O)(O)OC[C@H](COCC[C@@H](C#CC#CC#CC#CC#CC#CC#CC#CC)OC(=O)CCCCCCCCCCC)NC(=O)CCCCCCCCCCCCC)OC[C@H](COCC[C@@H](CCCCCCC)OC(=O)CCCCCCCCCCC)NC(=O)CCCCCCCCCCCCC. The molecule has 672 valence electrons. The predicted octanol–water partition coefficient (Wildman–Crippen LogP) is 21.0. The zero-order valence-electron chi connectivity index (χ0n) is 74.5. The molecule has 5 N–H and O–H groups in total. The number of carbonyl (C=O) groups excluding carboxylic acids is 5. The Kier molecular flexibility index (Phi) is 81.7. The molecule has 2 unspecified atom stereocenters. The van der Waals surface area contributed by atoms with Crippen molar-refractivity contribution in [2.24, 2.45) is 0 Å². The Labute approximate surface area is 722 Å². The summed E-state index contributed by atoms with van der Waals surface area (Å²) in [6, 6.07) is -2.39. The van der Waals surface area contributed by atoms with Gasteiger partial charge in [-0.1, -0.05) is 303 Å². The molecule has 0 aromatic rings. The van der Waals surface area contributed by atoms with E-state index in [0.29, 0.717) is 32.1 Å². The van der Waals surface area contributed by atoms with Gasteiger partial charge in [0.1, 0.15) is 6.10 Å². The molecule has 0 heterocycles. The lowest BCUT2D eigenvalue weighted by Crippen LogP contribution is -2.41. The summed E-state index contributed by atoms with van der Waals surface area (Å²) in [5.41, 5.74) is 0. The standard InChI is InChI=1S/C96H156N4O17P2/c1-8-15-21-27-32-37-40-41-42-43-46-49-52-58-64-70-91(117-95(104)74-68-62-56-48-36-31-25-19-12-5)75-80-109-84-88(99-92(101)71-65-59-53-50-44-38-33-28-22-16-9-2)86-114-118(106,107)111-82-77-97-96(105)98-78-83-113-119(108,112-79-14-7)115-87-89(100-93(102)72-66-60-54-51-45-39-34-29-23-17-10-3)85-110-81-76-90(69-63-57-26-20-13-6)116-94(103)73-67-61-55-47-35-30-24-18-11-4/h14,88-91H,7,9-13,16-20,22-26,28-31,33-36,38-39,44-45,47-48,50-51,53-57,59-63,65-69,71-87H2,1-6H3,(H,99,101)(H,100,102)(H,106,107)(H2,97,98,105)/t88-,89-,90+,91+,119?/m0/s1. The van der Waals surface area contributed by atoms with Crippen molar-refractivity contribution >= 4 is 45.4 Å². The monoisotopic (exact) mass is 1700 g/mol. The molecule has 0 aromatic carbocycles. The van der Waals surface area contributed by atoms with Crippen LogP contribution in [-0.4, -0.2) is 132 Å². The van der Waals surface area contributed by atoms with Crippen LogP contribution in [0.15, 0.2) is 12.7 Å². The van der Waals surface area contributed by atoms with Crippen LogP contribution in [0.2, 0.25) is 0 Å². The third kappa shape index (κ3) is 81.0. The Bertz CT molecular complexity index is 3260. The summed E-state index contributed by atoms with van der Waals surface area (Å²) in [6.45, 7) is 14.3. The fourth-order valence-corrected chi connectivity index (χ4v) is 14.5. The van der Waals surface area contributed by atoms with Crippen LogP contribution in [0.25, 0.3) is 0 Å². The van der Waals surface area contributed by atoms with Gasteiger partial charge in [0.25, 0.3) is 0 Å². The number of urea groups is 1. The first-order valence-corrected chi connectivity index (χ1v) is 48.9. The van der Waals surface area contributed by atoms with Crippen molar-refractivity contribution in [2.75, 3.05) is 72.6 Å². The molecule has 23 heteroatoms. The molecule has 0 aliphatic rings. The Morgan fingerprint density at radius 2 is 0.697 bits per heavy atom. The minimum atomic E-state index is -4.79. The molecule has 0 saturated carbocycles. The number of phosphoric acid groups is 2. The molecular weight excluding hydrogens is 1540 g/mol. The van der Waals surface area contributed by atoms with Gasteiger partial charge in [-0.15, -0.1) is 6.58 Å². The normalized spacial score (nSPS) is 12.6. The Hall–Kier alpha value is -6.49. The Morgan fingerprint density at radius 3 is 1.09 bits per heavy atom. The zero-order valence-corrected chi connectivity index (χ0v) is 76.3. The summed E-state index contributed by atoms with van der Waals surface area (Å²) < 4.78 is 79.2. The highest BCUT2D eigenvalue weighted by atomic mass is 31.2. The van der Waals surface area contributed by atoms with E-state index in [1.54, 1.807) is 6.92 Å². The van der Waals surface area contributed by atoms with E-state index in [2.05, 4.69) is 157 Å². The van der Waals surface area contributed by atoms with E-state index in [-0.39, 0.29) is 109 Å². The van der Waals surface area contributed by atoms with E-state index < -0.39 is 59.0 Å². The van der Waals surface area contributed by atoms with Crippen molar-refractivity contribution in [2.45, 2.75) is 400 Å². The lowest BCUT2D eigenvalue weighted by molar-refractivity contribution is -0.151. The third-order valence-corrected chi connectivity index (χ3v) is 21.7. The van der Waals surface area contributed by atoms with Crippen molar-refractivity contribution < 1.29 is 79.6 Å². The second kappa shape index (κ2) is 86.4. The number of hydrogen-bond donors (Lipinski definition) is 5. The van der Waals surface area contributed by atoms with E-state index in [4.69, 9.17) is 41.6 Å². The maximum atomic E-state index is 14.1. The number of hydrogen-bond acceptors (Lipinski definition) is 16. The highest BCUT2D eigenvalue weighted by molar-refractivity contribution is 7.48. The molecule has 0 rings (SSSR count). The number of phosphoric ester groups is 2. The van der Waals surface area contributed by atoms with Crippen molar-refractivity contribution in [3.8, 4) is 94.7 Å². The molecular formula is C96H156N4O17P2. The van der Waals surface area contributed by atoms with E-state index in [1.807, 2.05) is 0 Å². The van der Waals surface area contributed by atoms with Crippen molar-refractivity contribution in [1.82, 2.24) is 21.3 Å². The smallest absolute Gasteiger partial charge is 0.462 e. The number of ether oxygens (including phenoxy) is 4. The topological polar surface area (TPSA) is 271 Å². The fourth-order valence-electron chi connectivity index (χ4n) is 12.6. The third-order valence-electron chi connectivity index (χ3n) is 19.3. The largest absolute Gasteiger partial charge is 0.475 e. The van der Waals surface area contributed by atoms with Crippen LogP contribution in [-0.2, 0) is 69.9 Å². The van der Waals surface area contributed by atoms with Gasteiger partial charge in [-0.2, -0.15) is 0 Å². The minimum absolute atomic E-state index is 0.00409. The summed E-state index contributed by atoms with van der Waals surface area (Å²) in [6.07, 6.45) is 52.9. The second-order valence-corrected chi connectivity index (χ2v) is 33.5. The van der Waals surface area contributed by atoms with Crippen LogP contribution >= 0.6 is 15.6 Å². The van der Waals surface area contributed by atoms with Crippen LogP contribution in [0.3, 0.4) is 0 Å². The van der Waals surface area contributed by atoms with E-state index in [0.717, 1.165) is 122 Å². The first kappa shape index (κ1) is 113. The summed E-state index contributed by atoms with van der Waals surface area (Å²) in [5.74, 6) is 40.5. The number of carbonyl (C=O) groups is 5. The molecule has 0 spiro atoms.